The van der Waals surface area contributed by atoms with E-state index in [9.17, 15) is 4.39 Å². The number of benzene rings is 1. The average molecular weight is 276 g/mol. The lowest BCUT2D eigenvalue weighted by atomic mass is 9.89. The molecule has 3 rings (SSSR count). The molecule has 3 heteroatoms. The van der Waals surface area contributed by atoms with Gasteiger partial charge >= 0.3 is 0 Å². The van der Waals surface area contributed by atoms with Crippen molar-refractivity contribution < 1.29 is 4.39 Å². The normalized spacial score (nSPS) is 30.6. The number of halogens is 1. The molecule has 0 bridgehead atoms. The van der Waals surface area contributed by atoms with Crippen LogP contribution in [0.4, 0.5) is 10.1 Å². The van der Waals surface area contributed by atoms with E-state index in [-0.39, 0.29) is 11.4 Å². The minimum absolute atomic E-state index is 0.0801. The highest BCUT2D eigenvalue weighted by molar-refractivity contribution is 5.56. The quantitative estimate of drug-likeness (QED) is 0.909. The second kappa shape index (κ2) is 5.03. The van der Waals surface area contributed by atoms with E-state index in [4.69, 9.17) is 0 Å². The molecule has 2 aliphatic rings. The second-order valence-electron chi connectivity index (χ2n) is 6.67. The summed E-state index contributed by atoms with van der Waals surface area (Å²) in [5.74, 6) is 0.679. The van der Waals surface area contributed by atoms with Crippen LogP contribution < -0.4 is 10.2 Å². The van der Waals surface area contributed by atoms with Gasteiger partial charge in [-0.15, -0.1) is 0 Å². The Hall–Kier alpha value is -1.09. The fraction of sp³-hybridized carbons (Fsp3) is 0.647. The fourth-order valence-electron chi connectivity index (χ4n) is 3.61. The number of aryl methyl sites for hydroxylation is 1. The molecule has 2 fully saturated rings. The van der Waals surface area contributed by atoms with Crippen LogP contribution in [0.15, 0.2) is 18.2 Å². The molecule has 1 heterocycles. The first kappa shape index (κ1) is 13.9. The smallest absolute Gasteiger partial charge is 0.146 e. The molecule has 0 spiro atoms. The van der Waals surface area contributed by atoms with Crippen LogP contribution in [-0.2, 0) is 0 Å². The number of para-hydroxylation sites is 1. The molecule has 2 nitrogen and oxygen atoms in total. The Labute approximate surface area is 121 Å². The Morgan fingerprint density at radius 1 is 1.40 bits per heavy atom. The van der Waals surface area contributed by atoms with E-state index in [0.29, 0.717) is 6.04 Å². The van der Waals surface area contributed by atoms with Crippen molar-refractivity contribution >= 4 is 5.69 Å². The van der Waals surface area contributed by atoms with Crippen LogP contribution in [0.25, 0.3) is 0 Å². The minimum atomic E-state index is -0.0801. The number of piperazine rings is 1. The van der Waals surface area contributed by atoms with Gasteiger partial charge in [-0.05, 0) is 50.7 Å². The van der Waals surface area contributed by atoms with Crippen molar-refractivity contribution in [2.75, 3.05) is 18.0 Å². The Kier molecular flexibility index (Phi) is 3.49. The lowest BCUT2D eigenvalue weighted by Gasteiger charge is -2.48. The summed E-state index contributed by atoms with van der Waals surface area (Å²) in [4.78, 5) is 2.32. The summed E-state index contributed by atoms with van der Waals surface area (Å²) in [6, 6.07) is 5.79. The van der Waals surface area contributed by atoms with Crippen molar-refractivity contribution in [3.8, 4) is 0 Å². The van der Waals surface area contributed by atoms with E-state index >= 15 is 0 Å². The van der Waals surface area contributed by atoms with Gasteiger partial charge in [0.2, 0.25) is 0 Å². The highest BCUT2D eigenvalue weighted by Crippen LogP contribution is 2.43. The summed E-state index contributed by atoms with van der Waals surface area (Å²) in [5, 5.41) is 3.73. The van der Waals surface area contributed by atoms with Gasteiger partial charge in [0.25, 0.3) is 0 Å². The lowest BCUT2D eigenvalue weighted by Crippen LogP contribution is -2.64. The van der Waals surface area contributed by atoms with E-state index in [1.54, 1.807) is 12.1 Å². The maximum atomic E-state index is 14.4. The van der Waals surface area contributed by atoms with Gasteiger partial charge in [0.15, 0.2) is 0 Å². The summed E-state index contributed by atoms with van der Waals surface area (Å²) >= 11 is 0. The van der Waals surface area contributed by atoms with Crippen LogP contribution in [0.1, 0.15) is 38.7 Å². The summed E-state index contributed by atoms with van der Waals surface area (Å²) in [7, 11) is 0. The number of nitrogens with one attached hydrogen (secondary N) is 1. The van der Waals surface area contributed by atoms with Gasteiger partial charge in [0.05, 0.1) is 5.69 Å². The Morgan fingerprint density at radius 2 is 2.15 bits per heavy atom. The molecular formula is C17H25FN2. The first-order valence-electron chi connectivity index (χ1n) is 7.82. The van der Waals surface area contributed by atoms with E-state index in [2.05, 4.69) is 24.1 Å². The molecule has 1 saturated carbocycles. The highest BCUT2D eigenvalue weighted by atomic mass is 19.1. The van der Waals surface area contributed by atoms with E-state index in [1.807, 2.05) is 13.0 Å². The number of rotatable bonds is 3. The largest absolute Gasteiger partial charge is 0.363 e. The fourth-order valence-corrected chi connectivity index (χ4v) is 3.61. The van der Waals surface area contributed by atoms with E-state index in [0.717, 1.165) is 36.7 Å². The Balaban J connectivity index is 1.95. The van der Waals surface area contributed by atoms with E-state index in [1.165, 1.54) is 12.8 Å². The van der Waals surface area contributed by atoms with Crippen LogP contribution in [-0.4, -0.2) is 24.7 Å². The summed E-state index contributed by atoms with van der Waals surface area (Å²) < 4.78 is 14.4. The van der Waals surface area contributed by atoms with Crippen LogP contribution in [0, 0.1) is 18.7 Å². The molecule has 2 atom stereocenters. The number of hydrogen-bond donors (Lipinski definition) is 1. The molecule has 0 radical (unpaired) electrons. The SMILES string of the molecule is CCC1CNC(C)(C2CC2)CN1c1c(C)cccc1F. The van der Waals surface area contributed by atoms with Crippen molar-refractivity contribution in [2.24, 2.45) is 5.92 Å². The van der Waals surface area contributed by atoms with Gasteiger partial charge in [0.1, 0.15) is 5.82 Å². The predicted octanol–water partition coefficient (Wildman–Crippen LogP) is 3.49. The maximum absolute atomic E-state index is 14.4. The van der Waals surface area contributed by atoms with Gasteiger partial charge in [-0.2, -0.15) is 0 Å². The van der Waals surface area contributed by atoms with Gasteiger partial charge in [-0.3, -0.25) is 0 Å². The third-order valence-corrected chi connectivity index (χ3v) is 5.11. The summed E-state index contributed by atoms with van der Waals surface area (Å²) in [5.41, 5.74) is 2.00. The molecule has 0 amide bonds. The zero-order chi connectivity index (χ0) is 14.3. The van der Waals surface area contributed by atoms with E-state index < -0.39 is 0 Å². The van der Waals surface area contributed by atoms with Crippen LogP contribution in [0.3, 0.4) is 0 Å². The molecule has 0 aromatic heterocycles. The van der Waals surface area contributed by atoms with Gasteiger partial charge < -0.3 is 10.2 Å². The van der Waals surface area contributed by atoms with Crippen molar-refractivity contribution in [1.82, 2.24) is 5.32 Å². The first-order valence-corrected chi connectivity index (χ1v) is 7.82. The maximum Gasteiger partial charge on any atom is 0.146 e. The standard InChI is InChI=1S/C17H25FN2/c1-4-14-10-19-17(3,13-8-9-13)11-20(14)16-12(2)6-5-7-15(16)18/h5-7,13-14,19H,4,8-11H2,1-3H3. The van der Waals surface area contributed by atoms with Gasteiger partial charge in [-0.25, -0.2) is 4.39 Å². The molecule has 1 saturated heterocycles. The topological polar surface area (TPSA) is 15.3 Å². The Bertz CT molecular complexity index is 478. The molecule has 20 heavy (non-hydrogen) atoms. The molecule has 2 unspecified atom stereocenters. The predicted molar refractivity (Wildman–Crippen MR) is 81.7 cm³/mol. The van der Waals surface area contributed by atoms with Crippen LogP contribution >= 0.6 is 0 Å². The molecule has 1 aromatic rings. The van der Waals surface area contributed by atoms with Crippen LogP contribution in [0.5, 0.6) is 0 Å². The number of nitrogens with zero attached hydrogens (tertiary/aromatic N) is 1. The zero-order valence-corrected chi connectivity index (χ0v) is 12.7. The van der Waals surface area contributed by atoms with Crippen molar-refractivity contribution in [2.45, 2.75) is 51.6 Å². The third kappa shape index (κ3) is 2.32. The average Bonchev–Trinajstić information content (AvgIpc) is 3.23. The summed E-state index contributed by atoms with van der Waals surface area (Å²) in [6.07, 6.45) is 3.66. The van der Waals surface area contributed by atoms with Crippen molar-refractivity contribution in [1.29, 1.82) is 0 Å². The highest BCUT2D eigenvalue weighted by Gasteiger charge is 2.46. The second-order valence-corrected chi connectivity index (χ2v) is 6.67. The molecule has 110 valence electrons. The van der Waals surface area contributed by atoms with Crippen molar-refractivity contribution in [3.05, 3.63) is 29.6 Å². The molecule has 1 aliphatic heterocycles. The molecular weight excluding hydrogens is 251 g/mol. The lowest BCUT2D eigenvalue weighted by molar-refractivity contribution is 0.251. The van der Waals surface area contributed by atoms with Gasteiger partial charge in [0, 0.05) is 24.7 Å². The Morgan fingerprint density at radius 3 is 2.75 bits per heavy atom. The van der Waals surface area contributed by atoms with Gasteiger partial charge in [-0.1, -0.05) is 19.1 Å². The molecule has 1 N–H and O–H groups in total. The number of anilines is 1. The third-order valence-electron chi connectivity index (χ3n) is 5.11. The summed E-state index contributed by atoms with van der Waals surface area (Å²) in [6.45, 7) is 8.38. The first-order chi connectivity index (χ1) is 9.55. The minimum Gasteiger partial charge on any atom is -0.363 e. The van der Waals surface area contributed by atoms with Crippen molar-refractivity contribution in [3.63, 3.8) is 0 Å². The molecule has 1 aromatic carbocycles. The van der Waals surface area contributed by atoms with Crippen LogP contribution in [0.2, 0.25) is 0 Å². The zero-order valence-electron chi connectivity index (χ0n) is 12.7. The monoisotopic (exact) mass is 276 g/mol. The number of hydrogen-bond acceptors (Lipinski definition) is 2. The molecule has 1 aliphatic carbocycles.